The Labute approximate surface area is 220 Å². The molecule has 1 N–H and O–H groups in total. The highest BCUT2D eigenvalue weighted by Gasteiger charge is 2.59. The predicted molar refractivity (Wildman–Crippen MR) is 144 cm³/mol. The minimum atomic E-state index is -0.523. The lowest BCUT2D eigenvalue weighted by Gasteiger charge is -2.59. The molecule has 0 radical (unpaired) electrons. The van der Waals surface area contributed by atoms with Crippen LogP contribution in [-0.2, 0) is 14.3 Å². The highest BCUT2D eigenvalue weighted by Crippen LogP contribution is 2.67. The lowest BCUT2D eigenvalue weighted by Crippen LogP contribution is -2.52. The van der Waals surface area contributed by atoms with Crippen LogP contribution >= 0.6 is 0 Å². The number of carbonyl (C=O) groups is 2. The van der Waals surface area contributed by atoms with E-state index >= 15 is 0 Å². The van der Waals surface area contributed by atoms with Crippen molar-refractivity contribution in [1.29, 1.82) is 0 Å². The van der Waals surface area contributed by atoms with Crippen LogP contribution in [0.1, 0.15) is 126 Å². The molecule has 4 aliphatic rings. The summed E-state index contributed by atoms with van der Waals surface area (Å²) in [5.74, 6) is 3.49. The third-order valence-corrected chi connectivity index (χ3v) is 11.4. The number of Topliss-reactive ketones (excluding diaryl/α,β-unsaturated/α-hetero) is 1. The van der Waals surface area contributed by atoms with E-state index in [9.17, 15) is 14.7 Å². The lowest BCUT2D eigenvalue weighted by molar-refractivity contribution is -0.158. The van der Waals surface area contributed by atoms with Gasteiger partial charge in [0.2, 0.25) is 0 Å². The first-order valence-electron chi connectivity index (χ1n) is 14.8. The molecule has 4 aliphatic carbocycles. The average Bonchev–Trinajstić information content (AvgIpc) is 3.13. The standard InChI is InChI=1S/C32H52O4/c1-21(14-16-29(3,4)36-28(34)13-8-22(2)33)25-11-12-26-24-10-9-23-20-30(5,35)18-19-31(23,6)27(24)15-17-32(25,26)7/h9,21,24-27,35H,8,10-20H2,1-7H3/t21-,24+,25-,26+,27+,30+,31+,32-/m1/s1. The van der Waals surface area contributed by atoms with Crippen LogP contribution in [0.15, 0.2) is 11.6 Å². The van der Waals surface area contributed by atoms with Crippen molar-refractivity contribution in [3.05, 3.63) is 11.6 Å². The summed E-state index contributed by atoms with van der Waals surface area (Å²) >= 11 is 0. The Morgan fingerprint density at radius 1 is 1.08 bits per heavy atom. The molecule has 0 unspecified atom stereocenters. The summed E-state index contributed by atoms with van der Waals surface area (Å²) in [4.78, 5) is 23.4. The molecule has 0 bridgehead atoms. The molecule has 0 amide bonds. The molecular formula is C32H52O4. The van der Waals surface area contributed by atoms with Crippen LogP contribution in [0, 0.1) is 40.4 Å². The van der Waals surface area contributed by atoms with Gasteiger partial charge >= 0.3 is 5.97 Å². The van der Waals surface area contributed by atoms with E-state index in [1.165, 1.54) is 39.0 Å². The summed E-state index contributed by atoms with van der Waals surface area (Å²) < 4.78 is 5.76. The van der Waals surface area contributed by atoms with Gasteiger partial charge in [-0.25, -0.2) is 0 Å². The molecule has 0 saturated heterocycles. The molecule has 0 spiro atoms. The maximum absolute atomic E-state index is 12.2. The summed E-state index contributed by atoms with van der Waals surface area (Å²) in [5, 5.41) is 10.7. The summed E-state index contributed by atoms with van der Waals surface area (Å²) in [6.45, 7) is 15.1. The molecule has 36 heavy (non-hydrogen) atoms. The number of hydrogen-bond acceptors (Lipinski definition) is 4. The molecule has 4 nitrogen and oxygen atoms in total. The van der Waals surface area contributed by atoms with Gasteiger partial charge in [0.25, 0.3) is 0 Å². The van der Waals surface area contributed by atoms with Crippen molar-refractivity contribution in [1.82, 2.24) is 0 Å². The predicted octanol–water partition coefficient (Wildman–Crippen LogP) is 7.42. The van der Waals surface area contributed by atoms with Crippen molar-refractivity contribution in [2.45, 2.75) is 137 Å². The van der Waals surface area contributed by atoms with Gasteiger partial charge < -0.3 is 14.6 Å². The maximum Gasteiger partial charge on any atom is 0.306 e. The topological polar surface area (TPSA) is 63.6 Å². The third-order valence-electron chi connectivity index (χ3n) is 11.4. The molecule has 0 heterocycles. The number of esters is 1. The smallest absolute Gasteiger partial charge is 0.306 e. The maximum atomic E-state index is 12.2. The van der Waals surface area contributed by atoms with Gasteiger partial charge in [0.1, 0.15) is 11.4 Å². The number of ketones is 1. The Morgan fingerprint density at radius 2 is 1.81 bits per heavy atom. The van der Waals surface area contributed by atoms with Crippen molar-refractivity contribution in [2.75, 3.05) is 0 Å². The van der Waals surface area contributed by atoms with Crippen LogP contribution < -0.4 is 0 Å². The van der Waals surface area contributed by atoms with Gasteiger partial charge in [0.15, 0.2) is 0 Å². The first kappa shape index (κ1) is 27.9. The van der Waals surface area contributed by atoms with Crippen molar-refractivity contribution in [2.24, 2.45) is 40.4 Å². The number of ether oxygens (including phenoxy) is 1. The van der Waals surface area contributed by atoms with Crippen molar-refractivity contribution < 1.29 is 19.4 Å². The Bertz CT molecular complexity index is 885. The van der Waals surface area contributed by atoms with Crippen LogP contribution in [0.4, 0.5) is 0 Å². The van der Waals surface area contributed by atoms with Crippen LogP contribution in [0.3, 0.4) is 0 Å². The molecule has 204 valence electrons. The number of carbonyl (C=O) groups excluding carboxylic acids is 2. The number of rotatable bonds is 8. The van der Waals surface area contributed by atoms with Gasteiger partial charge in [-0.3, -0.25) is 4.79 Å². The molecule has 4 rings (SSSR count). The zero-order valence-corrected chi connectivity index (χ0v) is 24.1. The Balaban J connectivity index is 1.39. The SMILES string of the molecule is CC(=O)CCC(=O)OC(C)(C)CC[C@@H](C)[C@H]1CC[C@H]2[C@@H]3CC=C4C[C@@](C)(O)CC[C@]4(C)[C@H]3CC[C@]12C. The second kappa shape index (κ2) is 9.86. The summed E-state index contributed by atoms with van der Waals surface area (Å²) in [6.07, 6.45) is 14.4. The van der Waals surface area contributed by atoms with Crippen LogP contribution in [0.5, 0.6) is 0 Å². The third kappa shape index (κ3) is 5.36. The van der Waals surface area contributed by atoms with Gasteiger partial charge in [0, 0.05) is 6.42 Å². The Kier molecular flexibility index (Phi) is 7.63. The molecule has 8 atom stereocenters. The molecule has 0 aromatic rings. The lowest BCUT2D eigenvalue weighted by atomic mass is 9.46. The Hall–Kier alpha value is -1.16. The van der Waals surface area contributed by atoms with Crippen LogP contribution in [0.2, 0.25) is 0 Å². The van der Waals surface area contributed by atoms with E-state index in [0.29, 0.717) is 11.3 Å². The average molecular weight is 501 g/mol. The van der Waals surface area contributed by atoms with E-state index in [2.05, 4.69) is 26.8 Å². The first-order valence-corrected chi connectivity index (χ1v) is 14.8. The molecule has 0 aliphatic heterocycles. The molecule has 4 heteroatoms. The highest BCUT2D eigenvalue weighted by molar-refractivity contribution is 5.81. The molecule has 0 aromatic carbocycles. The van der Waals surface area contributed by atoms with E-state index in [-0.39, 0.29) is 30.0 Å². The van der Waals surface area contributed by atoms with E-state index in [4.69, 9.17) is 4.74 Å². The largest absolute Gasteiger partial charge is 0.460 e. The van der Waals surface area contributed by atoms with Crippen molar-refractivity contribution in [3.63, 3.8) is 0 Å². The van der Waals surface area contributed by atoms with Gasteiger partial charge in [-0.2, -0.15) is 0 Å². The minimum Gasteiger partial charge on any atom is -0.460 e. The van der Waals surface area contributed by atoms with E-state index < -0.39 is 11.2 Å². The minimum absolute atomic E-state index is 0.0335. The van der Waals surface area contributed by atoms with Crippen LogP contribution in [0.25, 0.3) is 0 Å². The fourth-order valence-corrected chi connectivity index (χ4v) is 9.24. The normalized spacial score (nSPS) is 40.9. The number of fused-ring (bicyclic) bond motifs is 5. The molecule has 3 saturated carbocycles. The molecule has 0 aromatic heterocycles. The summed E-state index contributed by atoms with van der Waals surface area (Å²) in [6, 6.07) is 0. The fourth-order valence-electron chi connectivity index (χ4n) is 9.24. The van der Waals surface area contributed by atoms with Gasteiger partial charge in [-0.15, -0.1) is 0 Å². The second-order valence-electron chi connectivity index (χ2n) is 14.6. The van der Waals surface area contributed by atoms with E-state index in [0.717, 1.165) is 55.8 Å². The van der Waals surface area contributed by atoms with Gasteiger partial charge in [-0.1, -0.05) is 32.4 Å². The number of allylic oxidation sites excluding steroid dienone is 1. The van der Waals surface area contributed by atoms with Crippen molar-refractivity contribution in [3.8, 4) is 0 Å². The van der Waals surface area contributed by atoms with Crippen molar-refractivity contribution >= 4 is 11.8 Å². The monoisotopic (exact) mass is 500 g/mol. The van der Waals surface area contributed by atoms with Crippen LogP contribution in [-0.4, -0.2) is 28.1 Å². The van der Waals surface area contributed by atoms with E-state index in [1.807, 2.05) is 20.8 Å². The molecule has 3 fully saturated rings. The zero-order valence-electron chi connectivity index (χ0n) is 24.1. The quantitative estimate of drug-likeness (QED) is 0.278. The Morgan fingerprint density at radius 3 is 2.50 bits per heavy atom. The zero-order chi connectivity index (χ0) is 26.5. The highest BCUT2D eigenvalue weighted by atomic mass is 16.6. The van der Waals surface area contributed by atoms with Gasteiger partial charge in [-0.05, 0) is 132 Å². The summed E-state index contributed by atoms with van der Waals surface area (Å²) in [5.41, 5.74) is 1.23. The first-order chi connectivity index (χ1) is 16.7. The fraction of sp³-hybridized carbons (Fsp3) is 0.875. The van der Waals surface area contributed by atoms with E-state index in [1.54, 1.807) is 5.57 Å². The second-order valence-corrected chi connectivity index (χ2v) is 14.6. The number of hydrogen-bond donors (Lipinski definition) is 1. The summed E-state index contributed by atoms with van der Waals surface area (Å²) in [7, 11) is 0. The number of aliphatic hydroxyl groups is 1. The van der Waals surface area contributed by atoms with Gasteiger partial charge in [0.05, 0.1) is 12.0 Å². The molecular weight excluding hydrogens is 448 g/mol.